The maximum atomic E-state index is 13.3. The van der Waals surface area contributed by atoms with Crippen molar-refractivity contribution in [1.29, 1.82) is 0 Å². The molecule has 1 amide bonds. The predicted octanol–water partition coefficient (Wildman–Crippen LogP) is 2.04. The summed E-state index contributed by atoms with van der Waals surface area (Å²) in [5, 5.41) is 2.60. The Kier molecular flexibility index (Phi) is 6.73. The molecule has 0 unspecified atom stereocenters. The van der Waals surface area contributed by atoms with Gasteiger partial charge in [-0.05, 0) is 18.6 Å². The van der Waals surface area contributed by atoms with Crippen molar-refractivity contribution < 1.29 is 22.0 Å². The van der Waals surface area contributed by atoms with Crippen LogP contribution in [0.1, 0.15) is 26.2 Å². The van der Waals surface area contributed by atoms with Crippen molar-refractivity contribution in [2.75, 3.05) is 23.7 Å². The lowest BCUT2D eigenvalue weighted by molar-refractivity contribution is -0.121. The zero-order valence-electron chi connectivity index (χ0n) is 12.6. The summed E-state index contributed by atoms with van der Waals surface area (Å²) in [6.07, 6.45) is 2.98. The van der Waals surface area contributed by atoms with Crippen molar-refractivity contribution >= 4 is 21.6 Å². The van der Waals surface area contributed by atoms with Crippen LogP contribution in [0.25, 0.3) is 0 Å². The van der Waals surface area contributed by atoms with Crippen LogP contribution in [-0.4, -0.2) is 33.7 Å². The molecule has 124 valence electrons. The number of carbonyl (C=O) groups is 1. The number of unbranched alkanes of at least 4 members (excludes halogenated alkanes) is 1. The predicted molar refractivity (Wildman–Crippen MR) is 81.1 cm³/mol. The number of sulfonamides is 1. The van der Waals surface area contributed by atoms with Crippen molar-refractivity contribution in [1.82, 2.24) is 5.32 Å². The molecular weight excluding hydrogens is 314 g/mol. The van der Waals surface area contributed by atoms with Crippen LogP contribution in [0.5, 0.6) is 0 Å². The molecule has 1 rings (SSSR count). The first-order valence-corrected chi connectivity index (χ1v) is 8.80. The Morgan fingerprint density at radius 1 is 1.27 bits per heavy atom. The molecule has 0 fully saturated rings. The van der Waals surface area contributed by atoms with E-state index in [-0.39, 0.29) is 24.7 Å². The van der Waals surface area contributed by atoms with E-state index in [0.29, 0.717) is 6.42 Å². The Hall–Kier alpha value is -1.70. The van der Waals surface area contributed by atoms with Crippen molar-refractivity contribution in [3.05, 3.63) is 29.8 Å². The number of carbonyl (C=O) groups excluding carboxylic acids is 1. The van der Waals surface area contributed by atoms with Crippen molar-refractivity contribution in [3.63, 3.8) is 0 Å². The van der Waals surface area contributed by atoms with Crippen molar-refractivity contribution in [3.8, 4) is 0 Å². The Bertz CT molecular complexity index is 621. The molecule has 1 N–H and O–H groups in total. The maximum Gasteiger partial charge on any atom is 0.232 e. The lowest BCUT2D eigenvalue weighted by atomic mass is 10.2. The van der Waals surface area contributed by atoms with Gasteiger partial charge < -0.3 is 5.32 Å². The lowest BCUT2D eigenvalue weighted by Gasteiger charge is -2.22. The van der Waals surface area contributed by atoms with E-state index in [4.69, 9.17) is 0 Å². The summed E-state index contributed by atoms with van der Waals surface area (Å²) >= 11 is 0. The average Bonchev–Trinajstić information content (AvgIpc) is 2.43. The monoisotopic (exact) mass is 334 g/mol. The summed E-state index contributed by atoms with van der Waals surface area (Å²) in [5.74, 6) is -2.34. The van der Waals surface area contributed by atoms with Gasteiger partial charge in [0.05, 0.1) is 18.5 Å². The highest BCUT2D eigenvalue weighted by Gasteiger charge is 2.18. The molecule has 0 saturated carbocycles. The van der Waals surface area contributed by atoms with Crippen LogP contribution in [0, 0.1) is 11.6 Å². The number of nitrogens with zero attached hydrogens (tertiary/aromatic N) is 1. The average molecular weight is 334 g/mol. The van der Waals surface area contributed by atoms with Gasteiger partial charge in [0.25, 0.3) is 0 Å². The van der Waals surface area contributed by atoms with Gasteiger partial charge in [-0.15, -0.1) is 0 Å². The topological polar surface area (TPSA) is 66.5 Å². The summed E-state index contributed by atoms with van der Waals surface area (Å²) in [4.78, 5) is 11.5. The minimum atomic E-state index is -3.67. The Labute approximate surface area is 129 Å². The minimum Gasteiger partial charge on any atom is -0.354 e. The summed E-state index contributed by atoms with van der Waals surface area (Å²) in [7, 11) is -3.67. The van der Waals surface area contributed by atoms with E-state index < -0.39 is 21.7 Å². The molecule has 1 aromatic rings. The SMILES string of the molecule is CCCCC(=O)NCCN(c1ccc(F)c(F)c1)S(C)(=O)=O. The normalized spacial score (nSPS) is 11.3. The molecule has 0 aromatic heterocycles. The summed E-state index contributed by atoms with van der Waals surface area (Å²) < 4.78 is 50.7. The summed E-state index contributed by atoms with van der Waals surface area (Å²) in [6, 6.07) is 2.86. The van der Waals surface area contributed by atoms with Gasteiger partial charge in [0.2, 0.25) is 15.9 Å². The number of hydrogen-bond donors (Lipinski definition) is 1. The lowest BCUT2D eigenvalue weighted by Crippen LogP contribution is -2.38. The van der Waals surface area contributed by atoms with E-state index >= 15 is 0 Å². The molecule has 0 aliphatic carbocycles. The second kappa shape index (κ2) is 8.07. The van der Waals surface area contributed by atoms with Gasteiger partial charge >= 0.3 is 0 Å². The van der Waals surface area contributed by atoms with Gasteiger partial charge in [0, 0.05) is 19.0 Å². The van der Waals surface area contributed by atoms with Crippen LogP contribution < -0.4 is 9.62 Å². The second-order valence-corrected chi connectivity index (χ2v) is 6.79. The number of anilines is 1. The molecule has 8 heteroatoms. The van der Waals surface area contributed by atoms with Crippen molar-refractivity contribution in [2.24, 2.45) is 0 Å². The third-order valence-corrected chi connectivity index (χ3v) is 4.18. The maximum absolute atomic E-state index is 13.3. The Balaban J connectivity index is 2.75. The first kappa shape index (κ1) is 18.3. The smallest absolute Gasteiger partial charge is 0.232 e. The molecule has 0 aliphatic heterocycles. The van der Waals surface area contributed by atoms with Crippen LogP contribution in [-0.2, 0) is 14.8 Å². The quantitative estimate of drug-likeness (QED) is 0.791. The van der Waals surface area contributed by atoms with Crippen molar-refractivity contribution in [2.45, 2.75) is 26.2 Å². The number of hydrogen-bond acceptors (Lipinski definition) is 3. The first-order chi connectivity index (χ1) is 10.3. The molecule has 0 atom stereocenters. The van der Waals surface area contributed by atoms with E-state index in [2.05, 4.69) is 5.32 Å². The molecule has 22 heavy (non-hydrogen) atoms. The third-order valence-electron chi connectivity index (χ3n) is 2.99. The van der Waals surface area contributed by atoms with Crippen LogP contribution >= 0.6 is 0 Å². The standard InChI is InChI=1S/C14H20F2N2O3S/c1-3-4-5-14(19)17-8-9-18(22(2,20)21)11-6-7-12(15)13(16)10-11/h6-7,10H,3-5,8-9H2,1-2H3,(H,17,19). The second-order valence-electron chi connectivity index (χ2n) is 4.89. The zero-order valence-corrected chi connectivity index (χ0v) is 13.4. The number of halogens is 2. The van der Waals surface area contributed by atoms with Crippen LogP contribution in [0.4, 0.5) is 14.5 Å². The van der Waals surface area contributed by atoms with Crippen LogP contribution in [0.3, 0.4) is 0 Å². The van der Waals surface area contributed by atoms with E-state index in [1.165, 1.54) is 6.07 Å². The van der Waals surface area contributed by atoms with Gasteiger partial charge in [-0.3, -0.25) is 9.10 Å². The van der Waals surface area contributed by atoms with Gasteiger partial charge in [-0.2, -0.15) is 0 Å². The number of rotatable bonds is 8. The van der Waals surface area contributed by atoms with E-state index in [9.17, 15) is 22.0 Å². The fourth-order valence-electron chi connectivity index (χ4n) is 1.85. The molecule has 5 nitrogen and oxygen atoms in total. The van der Waals surface area contributed by atoms with Crippen LogP contribution in [0.15, 0.2) is 18.2 Å². The highest BCUT2D eigenvalue weighted by atomic mass is 32.2. The van der Waals surface area contributed by atoms with E-state index in [1.54, 1.807) is 0 Å². The molecule has 1 aromatic carbocycles. The first-order valence-electron chi connectivity index (χ1n) is 6.95. The van der Waals surface area contributed by atoms with E-state index in [0.717, 1.165) is 35.5 Å². The number of amides is 1. The Morgan fingerprint density at radius 2 is 1.95 bits per heavy atom. The fourth-order valence-corrected chi connectivity index (χ4v) is 2.77. The molecule has 0 heterocycles. The van der Waals surface area contributed by atoms with Gasteiger partial charge in [0.1, 0.15) is 0 Å². The molecular formula is C14H20F2N2O3S. The number of nitrogens with one attached hydrogen (secondary N) is 1. The highest BCUT2D eigenvalue weighted by Crippen LogP contribution is 2.20. The summed E-state index contributed by atoms with van der Waals surface area (Å²) in [6.45, 7) is 2.00. The molecule has 0 saturated heterocycles. The molecule has 0 aliphatic rings. The van der Waals surface area contributed by atoms with Gasteiger partial charge in [-0.1, -0.05) is 13.3 Å². The molecule has 0 radical (unpaired) electrons. The minimum absolute atomic E-state index is 0.0178. The third kappa shape index (κ3) is 5.59. The summed E-state index contributed by atoms with van der Waals surface area (Å²) in [5.41, 5.74) is 0.0178. The van der Waals surface area contributed by atoms with Gasteiger partial charge in [0.15, 0.2) is 11.6 Å². The fraction of sp³-hybridized carbons (Fsp3) is 0.500. The number of benzene rings is 1. The largest absolute Gasteiger partial charge is 0.354 e. The zero-order chi connectivity index (χ0) is 16.8. The van der Waals surface area contributed by atoms with Crippen LogP contribution in [0.2, 0.25) is 0 Å². The molecule has 0 bridgehead atoms. The van der Waals surface area contributed by atoms with E-state index in [1.807, 2.05) is 6.92 Å². The van der Waals surface area contributed by atoms with Gasteiger partial charge in [-0.25, -0.2) is 17.2 Å². The Morgan fingerprint density at radius 3 is 2.50 bits per heavy atom. The highest BCUT2D eigenvalue weighted by molar-refractivity contribution is 7.92. The molecule has 0 spiro atoms.